The van der Waals surface area contributed by atoms with Crippen LogP contribution >= 0.6 is 0 Å². The van der Waals surface area contributed by atoms with Crippen molar-refractivity contribution in [2.45, 2.75) is 45.2 Å². The van der Waals surface area contributed by atoms with Crippen LogP contribution in [-0.2, 0) is 16.1 Å². The van der Waals surface area contributed by atoms with E-state index >= 15 is 0 Å². The molecule has 0 aromatic carbocycles. The topological polar surface area (TPSA) is 62.3 Å². The molecule has 0 unspecified atom stereocenters. The van der Waals surface area contributed by atoms with Gasteiger partial charge in [0.25, 0.3) is 0 Å². The zero-order chi connectivity index (χ0) is 14.8. The first-order valence-corrected chi connectivity index (χ1v) is 7.63. The van der Waals surface area contributed by atoms with Gasteiger partial charge in [-0.05, 0) is 38.3 Å². The number of rotatable bonds is 4. The second-order valence-corrected chi connectivity index (χ2v) is 6.00. The number of hydrogen-bond donors (Lipinski definition) is 1. The molecule has 5 nitrogen and oxygen atoms in total. The lowest BCUT2D eigenvalue weighted by Crippen LogP contribution is -2.46. The molecule has 112 valence electrons. The molecule has 1 atom stereocenters. The van der Waals surface area contributed by atoms with Crippen LogP contribution in [-0.4, -0.2) is 34.3 Å². The van der Waals surface area contributed by atoms with E-state index in [-0.39, 0.29) is 17.7 Å². The van der Waals surface area contributed by atoms with Crippen LogP contribution in [0.1, 0.15) is 37.1 Å². The van der Waals surface area contributed by atoms with E-state index in [2.05, 4.69) is 10.3 Å². The third kappa shape index (κ3) is 3.40. The summed E-state index contributed by atoms with van der Waals surface area (Å²) in [6, 6.07) is 6.18. The molecular formula is C16H21N3O2. The molecule has 1 saturated heterocycles. The van der Waals surface area contributed by atoms with Crippen molar-refractivity contribution in [3.05, 3.63) is 29.6 Å². The SMILES string of the molecule is Cc1cccc(CNC(=O)[C@H]2CCC(=O)N(C3CC3)C2)n1. The zero-order valence-electron chi connectivity index (χ0n) is 12.3. The van der Waals surface area contributed by atoms with E-state index < -0.39 is 0 Å². The molecule has 1 saturated carbocycles. The Morgan fingerprint density at radius 2 is 2.19 bits per heavy atom. The van der Waals surface area contributed by atoms with E-state index in [1.807, 2.05) is 30.0 Å². The first kappa shape index (κ1) is 14.0. The summed E-state index contributed by atoms with van der Waals surface area (Å²) in [5.74, 6) is 0.173. The lowest BCUT2D eigenvalue weighted by Gasteiger charge is -2.32. The number of likely N-dealkylation sites (tertiary alicyclic amines) is 1. The summed E-state index contributed by atoms with van der Waals surface area (Å²) >= 11 is 0. The van der Waals surface area contributed by atoms with Crippen molar-refractivity contribution in [2.24, 2.45) is 5.92 Å². The lowest BCUT2D eigenvalue weighted by molar-refractivity contribution is -0.138. The fourth-order valence-corrected chi connectivity index (χ4v) is 2.84. The second-order valence-electron chi connectivity index (χ2n) is 6.00. The molecule has 1 aromatic rings. The number of nitrogens with one attached hydrogen (secondary N) is 1. The minimum absolute atomic E-state index is 0.0384. The summed E-state index contributed by atoms with van der Waals surface area (Å²) < 4.78 is 0. The summed E-state index contributed by atoms with van der Waals surface area (Å²) in [5, 5.41) is 2.95. The Hall–Kier alpha value is -1.91. The highest BCUT2D eigenvalue weighted by atomic mass is 16.2. The summed E-state index contributed by atoms with van der Waals surface area (Å²) in [7, 11) is 0. The average molecular weight is 287 g/mol. The molecule has 1 N–H and O–H groups in total. The molecule has 1 aliphatic carbocycles. The third-order valence-corrected chi connectivity index (χ3v) is 4.19. The smallest absolute Gasteiger partial charge is 0.225 e. The number of amides is 2. The van der Waals surface area contributed by atoms with E-state index in [0.717, 1.165) is 24.2 Å². The summed E-state index contributed by atoms with van der Waals surface area (Å²) in [6.07, 6.45) is 3.34. The minimum Gasteiger partial charge on any atom is -0.350 e. The van der Waals surface area contributed by atoms with Crippen molar-refractivity contribution in [2.75, 3.05) is 6.54 Å². The predicted molar refractivity (Wildman–Crippen MR) is 78.3 cm³/mol. The Balaban J connectivity index is 1.54. The quantitative estimate of drug-likeness (QED) is 0.910. The molecule has 21 heavy (non-hydrogen) atoms. The number of pyridine rings is 1. The number of piperidine rings is 1. The number of carbonyl (C=O) groups excluding carboxylic acids is 2. The van der Waals surface area contributed by atoms with Crippen molar-refractivity contribution >= 4 is 11.8 Å². The van der Waals surface area contributed by atoms with Gasteiger partial charge in [0, 0.05) is 24.7 Å². The zero-order valence-corrected chi connectivity index (χ0v) is 12.3. The molecule has 3 rings (SSSR count). The van der Waals surface area contributed by atoms with Crippen LogP contribution in [0.4, 0.5) is 0 Å². The number of carbonyl (C=O) groups is 2. The molecular weight excluding hydrogens is 266 g/mol. The van der Waals surface area contributed by atoms with E-state index in [1.54, 1.807) is 0 Å². The van der Waals surface area contributed by atoms with E-state index in [4.69, 9.17) is 0 Å². The van der Waals surface area contributed by atoms with Crippen LogP contribution in [0.15, 0.2) is 18.2 Å². The van der Waals surface area contributed by atoms with E-state index in [1.165, 1.54) is 0 Å². The maximum atomic E-state index is 12.3. The molecule has 0 bridgehead atoms. The molecule has 0 radical (unpaired) electrons. The maximum Gasteiger partial charge on any atom is 0.225 e. The molecule has 2 amide bonds. The van der Waals surface area contributed by atoms with Gasteiger partial charge < -0.3 is 10.2 Å². The summed E-state index contributed by atoms with van der Waals surface area (Å²) in [4.78, 5) is 30.4. The normalized spacial score (nSPS) is 22.2. The molecule has 1 aromatic heterocycles. The predicted octanol–water partition coefficient (Wildman–Crippen LogP) is 1.41. The Kier molecular flexibility index (Phi) is 3.90. The van der Waals surface area contributed by atoms with Crippen molar-refractivity contribution in [1.29, 1.82) is 0 Å². The van der Waals surface area contributed by atoms with Crippen LogP contribution in [0.3, 0.4) is 0 Å². The first-order chi connectivity index (χ1) is 10.1. The molecule has 1 aliphatic heterocycles. The summed E-state index contributed by atoms with van der Waals surface area (Å²) in [6.45, 7) is 2.97. The Morgan fingerprint density at radius 1 is 1.38 bits per heavy atom. The molecule has 2 heterocycles. The van der Waals surface area contributed by atoms with Crippen LogP contribution in [0.25, 0.3) is 0 Å². The highest BCUT2D eigenvalue weighted by Gasteiger charge is 2.38. The number of aryl methyl sites for hydroxylation is 1. The van der Waals surface area contributed by atoms with E-state index in [9.17, 15) is 9.59 Å². The van der Waals surface area contributed by atoms with Gasteiger partial charge in [0.2, 0.25) is 11.8 Å². The van der Waals surface area contributed by atoms with Gasteiger partial charge in [-0.1, -0.05) is 6.07 Å². The van der Waals surface area contributed by atoms with Crippen molar-refractivity contribution in [3.63, 3.8) is 0 Å². The third-order valence-electron chi connectivity index (χ3n) is 4.19. The first-order valence-electron chi connectivity index (χ1n) is 7.63. The molecule has 2 fully saturated rings. The van der Waals surface area contributed by atoms with Gasteiger partial charge in [0.15, 0.2) is 0 Å². The standard InChI is InChI=1S/C16H21N3O2/c1-11-3-2-4-13(18-11)9-17-16(21)12-5-8-15(20)19(10-12)14-6-7-14/h2-4,12,14H,5-10H2,1H3,(H,17,21)/t12-/m0/s1. The van der Waals surface area contributed by atoms with Crippen LogP contribution in [0.5, 0.6) is 0 Å². The van der Waals surface area contributed by atoms with Crippen molar-refractivity contribution < 1.29 is 9.59 Å². The van der Waals surface area contributed by atoms with Gasteiger partial charge in [0.1, 0.15) is 0 Å². The van der Waals surface area contributed by atoms with Crippen LogP contribution in [0.2, 0.25) is 0 Å². The minimum atomic E-state index is -0.0758. The van der Waals surface area contributed by atoms with Crippen LogP contribution in [0, 0.1) is 12.8 Å². The van der Waals surface area contributed by atoms with Crippen LogP contribution < -0.4 is 5.32 Å². The summed E-state index contributed by atoms with van der Waals surface area (Å²) in [5.41, 5.74) is 1.82. The van der Waals surface area contributed by atoms with Crippen molar-refractivity contribution in [3.8, 4) is 0 Å². The Bertz CT molecular complexity index is 554. The van der Waals surface area contributed by atoms with Gasteiger partial charge in [0.05, 0.1) is 18.2 Å². The van der Waals surface area contributed by atoms with Gasteiger partial charge in [-0.15, -0.1) is 0 Å². The average Bonchev–Trinajstić information content (AvgIpc) is 3.30. The highest BCUT2D eigenvalue weighted by Crippen LogP contribution is 2.31. The second kappa shape index (κ2) is 5.84. The van der Waals surface area contributed by atoms with Gasteiger partial charge in [-0.2, -0.15) is 0 Å². The molecule has 0 spiro atoms. The molecule has 2 aliphatic rings. The lowest BCUT2D eigenvalue weighted by atomic mass is 9.96. The van der Waals surface area contributed by atoms with Gasteiger partial charge in [-0.25, -0.2) is 0 Å². The van der Waals surface area contributed by atoms with E-state index in [0.29, 0.717) is 32.0 Å². The molecule has 5 heteroatoms. The Labute approximate surface area is 124 Å². The number of hydrogen-bond acceptors (Lipinski definition) is 3. The monoisotopic (exact) mass is 287 g/mol. The van der Waals surface area contributed by atoms with Gasteiger partial charge >= 0.3 is 0 Å². The highest BCUT2D eigenvalue weighted by molar-refractivity contribution is 5.84. The van der Waals surface area contributed by atoms with Gasteiger partial charge in [-0.3, -0.25) is 14.6 Å². The van der Waals surface area contributed by atoms with Crippen molar-refractivity contribution in [1.82, 2.24) is 15.2 Å². The fourth-order valence-electron chi connectivity index (χ4n) is 2.84. The largest absolute Gasteiger partial charge is 0.350 e. The maximum absolute atomic E-state index is 12.3. The number of aromatic nitrogens is 1. The fraction of sp³-hybridized carbons (Fsp3) is 0.562. The number of nitrogens with zero attached hydrogens (tertiary/aromatic N) is 2. The Morgan fingerprint density at radius 3 is 2.90 bits per heavy atom.